The second-order valence-corrected chi connectivity index (χ2v) is 5.00. The van der Waals surface area contributed by atoms with Crippen LogP contribution in [-0.4, -0.2) is 28.7 Å². The fraction of sp³-hybridized carbons (Fsp3) is 0.455. The molecule has 1 aliphatic heterocycles. The van der Waals surface area contributed by atoms with E-state index in [1.54, 1.807) is 17.9 Å². The van der Waals surface area contributed by atoms with Gasteiger partial charge in [-0.2, -0.15) is 0 Å². The molecule has 1 fully saturated rings. The smallest absolute Gasteiger partial charge is 0.292 e. The summed E-state index contributed by atoms with van der Waals surface area (Å²) >= 11 is 5.86. The monoisotopic (exact) mass is 256 g/mol. The van der Waals surface area contributed by atoms with Gasteiger partial charge in [0.05, 0.1) is 10.5 Å². The zero-order valence-electron chi connectivity index (χ0n) is 9.39. The lowest BCUT2D eigenvalue weighted by molar-refractivity contribution is -0.384. The van der Waals surface area contributed by atoms with Crippen LogP contribution in [0.25, 0.3) is 0 Å². The lowest BCUT2D eigenvalue weighted by atomic mass is 10.1. The second-order valence-electron chi connectivity index (χ2n) is 4.56. The third kappa shape index (κ3) is 2.50. The standard InChI is InChI=1S/C11H13ClN2O3/c1-11(15)4-5-13(7-11)10-6-8(12)2-3-9(10)14(16)17/h2-3,6,15H,4-5,7H2,1H3. The van der Waals surface area contributed by atoms with Crippen molar-refractivity contribution in [3.63, 3.8) is 0 Å². The van der Waals surface area contributed by atoms with Crippen LogP contribution in [0.5, 0.6) is 0 Å². The van der Waals surface area contributed by atoms with Crippen molar-refractivity contribution in [2.75, 3.05) is 18.0 Å². The summed E-state index contributed by atoms with van der Waals surface area (Å²) in [6.07, 6.45) is 0.594. The molecule has 92 valence electrons. The molecule has 0 radical (unpaired) electrons. The highest BCUT2D eigenvalue weighted by molar-refractivity contribution is 6.31. The van der Waals surface area contributed by atoms with Gasteiger partial charge in [-0.05, 0) is 25.5 Å². The fourth-order valence-corrected chi connectivity index (χ4v) is 2.22. The molecule has 17 heavy (non-hydrogen) atoms. The third-order valence-electron chi connectivity index (χ3n) is 2.93. The Labute approximate surface area is 104 Å². The Balaban J connectivity index is 2.38. The number of benzene rings is 1. The number of nitrogens with zero attached hydrogens (tertiary/aromatic N) is 2. The highest BCUT2D eigenvalue weighted by atomic mass is 35.5. The van der Waals surface area contributed by atoms with Crippen LogP contribution >= 0.6 is 11.6 Å². The maximum absolute atomic E-state index is 10.9. The van der Waals surface area contributed by atoms with Crippen LogP contribution in [0.2, 0.25) is 5.02 Å². The van der Waals surface area contributed by atoms with E-state index in [1.807, 2.05) is 0 Å². The van der Waals surface area contributed by atoms with Crippen LogP contribution in [0.4, 0.5) is 11.4 Å². The predicted molar refractivity (Wildman–Crippen MR) is 65.6 cm³/mol. The predicted octanol–water partition coefficient (Wildman–Crippen LogP) is 2.21. The number of nitro groups is 1. The molecule has 0 aromatic heterocycles. The van der Waals surface area contributed by atoms with Crippen molar-refractivity contribution in [2.45, 2.75) is 18.9 Å². The molecule has 1 heterocycles. The first kappa shape index (κ1) is 12.1. The molecule has 0 bridgehead atoms. The molecule has 6 heteroatoms. The highest BCUT2D eigenvalue weighted by Crippen LogP contribution is 2.35. The van der Waals surface area contributed by atoms with Crippen LogP contribution in [-0.2, 0) is 0 Å². The van der Waals surface area contributed by atoms with Crippen LogP contribution < -0.4 is 4.90 Å². The van der Waals surface area contributed by atoms with E-state index in [1.165, 1.54) is 12.1 Å². The Morgan fingerprint density at radius 3 is 2.82 bits per heavy atom. The molecule has 1 aliphatic rings. The van der Waals surface area contributed by atoms with Gasteiger partial charge in [0, 0.05) is 24.2 Å². The van der Waals surface area contributed by atoms with Crippen molar-refractivity contribution in [3.8, 4) is 0 Å². The molecule has 1 atom stereocenters. The zero-order chi connectivity index (χ0) is 12.6. The number of aliphatic hydroxyl groups is 1. The van der Waals surface area contributed by atoms with Gasteiger partial charge in [-0.3, -0.25) is 10.1 Å². The summed E-state index contributed by atoms with van der Waals surface area (Å²) < 4.78 is 0. The Bertz CT molecular complexity index is 462. The molecule has 0 amide bonds. The average molecular weight is 257 g/mol. The Morgan fingerprint density at radius 2 is 2.29 bits per heavy atom. The van der Waals surface area contributed by atoms with E-state index < -0.39 is 10.5 Å². The summed E-state index contributed by atoms with van der Waals surface area (Å²) in [7, 11) is 0. The van der Waals surface area contributed by atoms with Gasteiger partial charge in [0.2, 0.25) is 0 Å². The topological polar surface area (TPSA) is 66.6 Å². The zero-order valence-corrected chi connectivity index (χ0v) is 10.1. The molecule has 1 aromatic carbocycles. The third-order valence-corrected chi connectivity index (χ3v) is 3.16. The van der Waals surface area contributed by atoms with E-state index >= 15 is 0 Å². The number of rotatable bonds is 2. The van der Waals surface area contributed by atoms with Crippen molar-refractivity contribution in [2.24, 2.45) is 0 Å². The molecule has 0 aliphatic carbocycles. The first-order chi connectivity index (χ1) is 7.89. The molecular weight excluding hydrogens is 244 g/mol. The van der Waals surface area contributed by atoms with Crippen molar-refractivity contribution in [1.29, 1.82) is 0 Å². The first-order valence-corrected chi connectivity index (χ1v) is 5.68. The van der Waals surface area contributed by atoms with Gasteiger partial charge in [0.15, 0.2) is 0 Å². The summed E-state index contributed by atoms with van der Waals surface area (Å²) in [5, 5.41) is 21.3. The normalized spacial score (nSPS) is 24.1. The summed E-state index contributed by atoms with van der Waals surface area (Å²) in [6, 6.07) is 4.46. The van der Waals surface area contributed by atoms with Crippen LogP contribution in [0.1, 0.15) is 13.3 Å². The van der Waals surface area contributed by atoms with Gasteiger partial charge < -0.3 is 10.0 Å². The lowest BCUT2D eigenvalue weighted by Gasteiger charge is -2.20. The molecule has 1 aromatic rings. The van der Waals surface area contributed by atoms with Gasteiger partial charge in [-0.1, -0.05) is 11.6 Å². The van der Waals surface area contributed by atoms with Crippen LogP contribution in [0.3, 0.4) is 0 Å². The molecule has 1 N–H and O–H groups in total. The van der Waals surface area contributed by atoms with Crippen molar-refractivity contribution in [3.05, 3.63) is 33.3 Å². The maximum Gasteiger partial charge on any atom is 0.292 e. The van der Waals surface area contributed by atoms with E-state index in [2.05, 4.69) is 0 Å². The van der Waals surface area contributed by atoms with Gasteiger partial charge in [-0.25, -0.2) is 0 Å². The largest absolute Gasteiger partial charge is 0.388 e. The minimum absolute atomic E-state index is 0.0205. The van der Waals surface area contributed by atoms with E-state index in [4.69, 9.17) is 11.6 Å². The summed E-state index contributed by atoms with van der Waals surface area (Å²) in [4.78, 5) is 12.3. The van der Waals surface area contributed by atoms with E-state index in [0.717, 1.165) is 0 Å². The first-order valence-electron chi connectivity index (χ1n) is 5.30. The minimum atomic E-state index is -0.795. The molecular formula is C11H13ClN2O3. The van der Waals surface area contributed by atoms with E-state index in [-0.39, 0.29) is 5.69 Å². The van der Waals surface area contributed by atoms with Crippen molar-refractivity contribution < 1.29 is 10.0 Å². The van der Waals surface area contributed by atoms with Crippen LogP contribution in [0, 0.1) is 10.1 Å². The van der Waals surface area contributed by atoms with Gasteiger partial charge in [0.1, 0.15) is 5.69 Å². The molecule has 2 rings (SSSR count). The number of hydrogen-bond acceptors (Lipinski definition) is 4. The average Bonchev–Trinajstić information content (AvgIpc) is 2.58. The Hall–Kier alpha value is -1.33. The maximum atomic E-state index is 10.9. The van der Waals surface area contributed by atoms with Crippen molar-refractivity contribution in [1.82, 2.24) is 0 Å². The minimum Gasteiger partial charge on any atom is -0.388 e. The molecule has 5 nitrogen and oxygen atoms in total. The van der Waals surface area contributed by atoms with Gasteiger partial charge in [-0.15, -0.1) is 0 Å². The van der Waals surface area contributed by atoms with E-state index in [0.29, 0.717) is 30.2 Å². The summed E-state index contributed by atoms with van der Waals surface area (Å²) in [5.74, 6) is 0. The molecule has 1 saturated heterocycles. The Kier molecular flexibility index (Phi) is 2.97. The summed E-state index contributed by atoms with van der Waals surface area (Å²) in [6.45, 7) is 2.70. The number of β-amino-alcohol motifs (C(OH)–C–C–N with tert-alkyl or cyclic N) is 1. The van der Waals surface area contributed by atoms with Gasteiger partial charge >= 0.3 is 0 Å². The number of hydrogen-bond donors (Lipinski definition) is 1. The number of anilines is 1. The molecule has 1 unspecified atom stereocenters. The van der Waals surface area contributed by atoms with Crippen molar-refractivity contribution >= 4 is 23.0 Å². The summed E-state index contributed by atoms with van der Waals surface area (Å²) in [5.41, 5.74) is -0.303. The second kappa shape index (κ2) is 4.16. The van der Waals surface area contributed by atoms with Crippen LogP contribution in [0.15, 0.2) is 18.2 Å². The SMILES string of the molecule is CC1(O)CCN(c2cc(Cl)ccc2[N+](=O)[O-])C1. The lowest BCUT2D eigenvalue weighted by Crippen LogP contribution is -2.29. The quantitative estimate of drug-likeness (QED) is 0.651. The van der Waals surface area contributed by atoms with E-state index in [9.17, 15) is 15.2 Å². The highest BCUT2D eigenvalue weighted by Gasteiger charge is 2.34. The Morgan fingerprint density at radius 1 is 1.59 bits per heavy atom. The molecule has 0 spiro atoms. The molecule has 0 saturated carbocycles. The number of halogens is 1. The number of nitro benzene ring substituents is 1. The fourth-order valence-electron chi connectivity index (χ4n) is 2.05. The van der Waals surface area contributed by atoms with Gasteiger partial charge in [0.25, 0.3) is 5.69 Å².